The molecule has 4 heteroatoms. The topological polar surface area (TPSA) is 18.5 Å². The quantitative estimate of drug-likeness (QED) is 0.699. The lowest BCUT2D eigenvalue weighted by molar-refractivity contribution is 0.171. The number of hydrogen-bond acceptors (Lipinski definition) is 2. The molecule has 20 heavy (non-hydrogen) atoms. The maximum atomic E-state index is 6.84. The first kappa shape index (κ1) is 14.3. The lowest BCUT2D eigenvalue weighted by Gasteiger charge is -2.34. The van der Waals surface area contributed by atoms with Crippen LogP contribution in [0.5, 0.6) is 11.5 Å². The third-order valence-corrected chi connectivity index (χ3v) is 5.80. The van der Waals surface area contributed by atoms with E-state index in [2.05, 4.69) is 6.92 Å². The predicted molar refractivity (Wildman–Crippen MR) is 82.2 cm³/mol. The molecule has 2 aliphatic rings. The molecular weight excluding hydrogens is 295 g/mol. The molecule has 0 aromatic heterocycles. The fraction of sp³-hybridized carbons (Fsp3) is 0.625. The van der Waals surface area contributed by atoms with Gasteiger partial charge in [-0.2, -0.15) is 0 Å². The Hall–Kier alpha value is -0.600. The van der Waals surface area contributed by atoms with Crippen LogP contribution in [0.4, 0.5) is 0 Å². The molecule has 2 nitrogen and oxygen atoms in total. The summed E-state index contributed by atoms with van der Waals surface area (Å²) in [5.74, 6) is 1.50. The molecule has 1 aromatic rings. The van der Waals surface area contributed by atoms with Gasteiger partial charge in [-0.1, -0.05) is 31.4 Å². The normalized spacial score (nSPS) is 21.8. The zero-order chi connectivity index (χ0) is 14.2. The largest absolute Gasteiger partial charge is 0.486 e. The molecule has 1 fully saturated rings. The van der Waals surface area contributed by atoms with Gasteiger partial charge in [0.05, 0.1) is 5.38 Å². The highest BCUT2D eigenvalue weighted by Gasteiger charge is 2.40. The highest BCUT2D eigenvalue weighted by atomic mass is 35.5. The molecule has 1 saturated carbocycles. The Kier molecular flexibility index (Phi) is 4.05. The van der Waals surface area contributed by atoms with Crippen molar-refractivity contribution in [3.8, 4) is 11.5 Å². The minimum Gasteiger partial charge on any atom is -0.486 e. The van der Waals surface area contributed by atoms with Gasteiger partial charge in [0.25, 0.3) is 0 Å². The van der Waals surface area contributed by atoms with E-state index in [1.807, 2.05) is 12.1 Å². The summed E-state index contributed by atoms with van der Waals surface area (Å²) in [4.78, 5) is 0. The lowest BCUT2D eigenvalue weighted by Crippen LogP contribution is -2.22. The minimum absolute atomic E-state index is 0.0571. The van der Waals surface area contributed by atoms with Crippen molar-refractivity contribution in [2.24, 2.45) is 5.41 Å². The van der Waals surface area contributed by atoms with E-state index >= 15 is 0 Å². The van der Waals surface area contributed by atoms with Gasteiger partial charge in [0, 0.05) is 11.1 Å². The monoisotopic (exact) mass is 314 g/mol. The molecule has 1 aliphatic carbocycles. The van der Waals surface area contributed by atoms with E-state index in [0.29, 0.717) is 18.2 Å². The standard InChI is InChI=1S/C16H20Cl2O2/c1-2-16(5-3-4-6-16)15(18)11-9-13-14(10-12(11)17)20-8-7-19-13/h9-10,15H,2-8H2,1H3. The number of rotatable bonds is 3. The van der Waals surface area contributed by atoms with E-state index < -0.39 is 0 Å². The number of halogens is 2. The number of fused-ring (bicyclic) bond motifs is 1. The van der Waals surface area contributed by atoms with Crippen LogP contribution in [0.25, 0.3) is 0 Å². The number of hydrogen-bond donors (Lipinski definition) is 0. The van der Waals surface area contributed by atoms with Crippen LogP contribution in [-0.4, -0.2) is 13.2 Å². The predicted octanol–water partition coefficient (Wildman–Crippen LogP) is 5.36. The molecule has 0 spiro atoms. The van der Waals surface area contributed by atoms with Crippen LogP contribution in [-0.2, 0) is 0 Å². The van der Waals surface area contributed by atoms with Crippen LogP contribution < -0.4 is 9.47 Å². The van der Waals surface area contributed by atoms with Gasteiger partial charge in [-0.3, -0.25) is 0 Å². The molecule has 1 aromatic carbocycles. The summed E-state index contributed by atoms with van der Waals surface area (Å²) in [6.45, 7) is 3.39. The van der Waals surface area contributed by atoms with E-state index in [0.717, 1.165) is 23.5 Å². The molecule has 1 unspecified atom stereocenters. The summed E-state index contributed by atoms with van der Waals surface area (Å²) in [5.41, 5.74) is 1.16. The average Bonchev–Trinajstić information content (AvgIpc) is 2.96. The molecule has 0 bridgehead atoms. The van der Waals surface area contributed by atoms with Crippen LogP contribution >= 0.6 is 23.2 Å². The van der Waals surface area contributed by atoms with Crippen molar-refractivity contribution in [1.29, 1.82) is 0 Å². The molecule has 0 amide bonds. The van der Waals surface area contributed by atoms with Crippen molar-refractivity contribution >= 4 is 23.2 Å². The summed E-state index contributed by atoms with van der Waals surface area (Å²) in [5, 5.41) is 0.632. The third kappa shape index (κ3) is 2.37. The van der Waals surface area contributed by atoms with Gasteiger partial charge in [0.2, 0.25) is 0 Å². The molecule has 1 heterocycles. The van der Waals surface area contributed by atoms with Crippen molar-refractivity contribution in [3.63, 3.8) is 0 Å². The Morgan fingerprint density at radius 1 is 1.15 bits per heavy atom. The Morgan fingerprint density at radius 2 is 1.75 bits per heavy atom. The van der Waals surface area contributed by atoms with Crippen LogP contribution in [0.3, 0.4) is 0 Å². The maximum Gasteiger partial charge on any atom is 0.162 e. The summed E-state index contributed by atoms with van der Waals surface area (Å²) in [6.07, 6.45) is 5.98. The van der Waals surface area contributed by atoms with Crippen molar-refractivity contribution in [2.45, 2.75) is 44.4 Å². The van der Waals surface area contributed by atoms with Crippen molar-refractivity contribution in [2.75, 3.05) is 13.2 Å². The Bertz CT molecular complexity index is 495. The smallest absolute Gasteiger partial charge is 0.162 e. The fourth-order valence-corrected chi connectivity index (χ4v) is 4.34. The van der Waals surface area contributed by atoms with E-state index in [-0.39, 0.29) is 10.8 Å². The van der Waals surface area contributed by atoms with Gasteiger partial charge in [-0.05, 0) is 36.3 Å². The number of alkyl halides is 1. The first-order valence-electron chi connectivity index (χ1n) is 7.39. The maximum absolute atomic E-state index is 6.84. The first-order valence-corrected chi connectivity index (χ1v) is 8.21. The van der Waals surface area contributed by atoms with E-state index in [9.17, 15) is 0 Å². The molecule has 3 rings (SSSR count). The van der Waals surface area contributed by atoms with Crippen molar-refractivity contribution < 1.29 is 9.47 Å². The second-order valence-corrected chi connectivity index (χ2v) is 6.65. The van der Waals surface area contributed by atoms with Gasteiger partial charge in [0.15, 0.2) is 11.5 Å². The lowest BCUT2D eigenvalue weighted by atomic mass is 9.77. The molecule has 1 atom stereocenters. The fourth-order valence-electron chi connectivity index (χ4n) is 3.47. The SMILES string of the molecule is CCC1(C(Cl)c2cc3c(cc2Cl)OCCO3)CCCC1. The highest BCUT2D eigenvalue weighted by Crippen LogP contribution is 2.55. The van der Waals surface area contributed by atoms with Gasteiger partial charge >= 0.3 is 0 Å². The summed E-state index contributed by atoms with van der Waals surface area (Å²) >= 11 is 13.3. The van der Waals surface area contributed by atoms with Crippen molar-refractivity contribution in [1.82, 2.24) is 0 Å². The molecule has 110 valence electrons. The first-order chi connectivity index (χ1) is 9.66. The van der Waals surface area contributed by atoms with Gasteiger partial charge in [0.1, 0.15) is 13.2 Å². The second kappa shape index (κ2) is 5.65. The molecule has 0 radical (unpaired) electrons. The van der Waals surface area contributed by atoms with Crippen LogP contribution in [0.1, 0.15) is 50.0 Å². The van der Waals surface area contributed by atoms with Crippen molar-refractivity contribution in [3.05, 3.63) is 22.7 Å². The minimum atomic E-state index is -0.0571. The van der Waals surface area contributed by atoms with E-state index in [1.165, 1.54) is 25.7 Å². The Balaban J connectivity index is 1.96. The molecule has 0 N–H and O–H groups in total. The molecular formula is C16H20Cl2O2. The average molecular weight is 315 g/mol. The van der Waals surface area contributed by atoms with E-state index in [4.69, 9.17) is 32.7 Å². The molecule has 0 saturated heterocycles. The molecule has 1 aliphatic heterocycles. The van der Waals surface area contributed by atoms with Gasteiger partial charge < -0.3 is 9.47 Å². The second-order valence-electron chi connectivity index (χ2n) is 5.80. The van der Waals surface area contributed by atoms with Gasteiger partial charge in [-0.15, -0.1) is 11.6 Å². The Labute approximate surface area is 130 Å². The van der Waals surface area contributed by atoms with Crippen LogP contribution in [0.15, 0.2) is 12.1 Å². The van der Waals surface area contributed by atoms with Gasteiger partial charge in [-0.25, -0.2) is 0 Å². The summed E-state index contributed by atoms with van der Waals surface area (Å²) in [6, 6.07) is 3.82. The third-order valence-electron chi connectivity index (χ3n) is 4.78. The zero-order valence-electron chi connectivity index (χ0n) is 11.8. The number of ether oxygens (including phenoxy) is 2. The summed E-state index contributed by atoms with van der Waals surface area (Å²) in [7, 11) is 0. The zero-order valence-corrected chi connectivity index (χ0v) is 13.3. The Morgan fingerprint density at radius 3 is 2.35 bits per heavy atom. The van der Waals surface area contributed by atoms with E-state index in [1.54, 1.807) is 0 Å². The number of benzene rings is 1. The van der Waals surface area contributed by atoms with Crippen LogP contribution in [0.2, 0.25) is 5.02 Å². The summed E-state index contributed by atoms with van der Waals surface area (Å²) < 4.78 is 11.2. The highest BCUT2D eigenvalue weighted by molar-refractivity contribution is 6.33. The van der Waals surface area contributed by atoms with Crippen LogP contribution in [0, 0.1) is 5.41 Å².